The van der Waals surface area contributed by atoms with E-state index >= 15 is 0 Å². The molecule has 3 aromatic rings. The lowest BCUT2D eigenvalue weighted by molar-refractivity contribution is -0.0180. The highest BCUT2D eigenvalue weighted by Gasteiger charge is 2.18. The predicted octanol–water partition coefficient (Wildman–Crippen LogP) is 4.94. The van der Waals surface area contributed by atoms with Crippen molar-refractivity contribution in [2.24, 2.45) is 0 Å². The number of hydrogen-bond acceptors (Lipinski definition) is 5. The summed E-state index contributed by atoms with van der Waals surface area (Å²) in [5, 5.41) is 9.92. The number of phenols is 1. The van der Waals surface area contributed by atoms with Gasteiger partial charge in [0.1, 0.15) is 18.1 Å². The number of rotatable bonds is 4. The van der Waals surface area contributed by atoms with Crippen LogP contribution < -0.4 is 4.74 Å². The third kappa shape index (κ3) is 3.96. The zero-order valence-electron chi connectivity index (χ0n) is 14.9. The van der Waals surface area contributed by atoms with Gasteiger partial charge in [-0.15, -0.1) is 0 Å². The minimum absolute atomic E-state index is 0.0570. The molecule has 0 radical (unpaired) electrons. The molecule has 1 heterocycles. The van der Waals surface area contributed by atoms with Crippen molar-refractivity contribution >= 4 is 17.6 Å². The second-order valence-corrected chi connectivity index (χ2v) is 6.80. The lowest BCUT2D eigenvalue weighted by Gasteiger charge is -2.21. The molecule has 1 N–H and O–H groups in total. The van der Waals surface area contributed by atoms with Crippen LogP contribution in [0.3, 0.4) is 0 Å². The molecule has 3 aromatic carbocycles. The van der Waals surface area contributed by atoms with Crippen molar-refractivity contribution in [2.45, 2.75) is 13.2 Å². The topological polar surface area (TPSA) is 65.0 Å². The second kappa shape index (κ2) is 7.92. The highest BCUT2D eigenvalue weighted by atomic mass is 35.5. The Balaban J connectivity index is 1.46. The summed E-state index contributed by atoms with van der Waals surface area (Å²) in [4.78, 5) is 12.4. The van der Waals surface area contributed by atoms with Gasteiger partial charge in [0, 0.05) is 16.1 Å². The van der Waals surface area contributed by atoms with Crippen molar-refractivity contribution in [2.75, 3.05) is 6.79 Å². The van der Waals surface area contributed by atoms with Crippen LogP contribution in [0.4, 0.5) is 0 Å². The minimum atomic E-state index is -0.432. The van der Waals surface area contributed by atoms with Gasteiger partial charge in [0.25, 0.3) is 0 Å². The van der Waals surface area contributed by atoms with Gasteiger partial charge in [-0.1, -0.05) is 35.9 Å². The van der Waals surface area contributed by atoms with Crippen LogP contribution in [0.25, 0.3) is 11.1 Å². The molecule has 142 valence electrons. The largest absolute Gasteiger partial charge is 0.508 e. The summed E-state index contributed by atoms with van der Waals surface area (Å²) in [5.74, 6) is 0.437. The molecule has 5 nitrogen and oxygen atoms in total. The summed E-state index contributed by atoms with van der Waals surface area (Å²) in [7, 11) is 0. The number of fused-ring (bicyclic) bond motifs is 1. The van der Waals surface area contributed by atoms with E-state index in [4.69, 9.17) is 25.8 Å². The van der Waals surface area contributed by atoms with E-state index in [9.17, 15) is 9.90 Å². The lowest BCUT2D eigenvalue weighted by Crippen LogP contribution is -2.14. The molecule has 0 unspecified atom stereocenters. The van der Waals surface area contributed by atoms with E-state index in [-0.39, 0.29) is 19.1 Å². The fourth-order valence-electron chi connectivity index (χ4n) is 3.04. The molecule has 1 aliphatic rings. The number of esters is 1. The van der Waals surface area contributed by atoms with Crippen LogP contribution in [-0.2, 0) is 22.7 Å². The van der Waals surface area contributed by atoms with E-state index in [0.29, 0.717) is 28.5 Å². The quantitative estimate of drug-likeness (QED) is 0.633. The number of ether oxygens (including phenoxy) is 3. The van der Waals surface area contributed by atoms with Crippen molar-refractivity contribution in [3.8, 4) is 22.6 Å². The zero-order valence-corrected chi connectivity index (χ0v) is 15.6. The van der Waals surface area contributed by atoms with Crippen molar-refractivity contribution in [3.63, 3.8) is 0 Å². The first-order valence-corrected chi connectivity index (χ1v) is 9.06. The van der Waals surface area contributed by atoms with E-state index in [0.717, 1.165) is 16.7 Å². The van der Waals surface area contributed by atoms with Crippen LogP contribution >= 0.6 is 11.6 Å². The average Bonchev–Trinajstić information content (AvgIpc) is 2.72. The number of phenolic OH excluding ortho intramolecular Hbond substituents is 1. The van der Waals surface area contributed by atoms with Crippen molar-refractivity contribution < 1.29 is 24.1 Å². The van der Waals surface area contributed by atoms with E-state index in [1.54, 1.807) is 36.4 Å². The summed E-state index contributed by atoms with van der Waals surface area (Å²) in [5.41, 5.74) is 3.88. The highest BCUT2D eigenvalue weighted by Crippen LogP contribution is 2.32. The summed E-state index contributed by atoms with van der Waals surface area (Å²) >= 11 is 6.13. The van der Waals surface area contributed by atoms with Crippen LogP contribution in [0.15, 0.2) is 60.7 Å². The molecule has 0 spiro atoms. The molecule has 0 aromatic heterocycles. The Kier molecular flexibility index (Phi) is 5.19. The normalized spacial score (nSPS) is 12.8. The smallest absolute Gasteiger partial charge is 0.338 e. The van der Waals surface area contributed by atoms with Crippen molar-refractivity contribution in [1.82, 2.24) is 0 Å². The molecule has 6 heteroatoms. The summed E-state index contributed by atoms with van der Waals surface area (Å²) < 4.78 is 16.2. The maximum absolute atomic E-state index is 12.4. The Hall–Kier alpha value is -3.02. The monoisotopic (exact) mass is 396 g/mol. The van der Waals surface area contributed by atoms with Gasteiger partial charge in [0.2, 0.25) is 0 Å². The number of aromatic hydroxyl groups is 1. The molecule has 0 fully saturated rings. The molecule has 4 rings (SSSR count). The number of carbonyl (C=O) groups is 1. The molecule has 0 amide bonds. The standard InChI is InChI=1S/C22H17ClO5/c23-19-9-17-11-26-13-28-21(17)18(10-19)12-27-22(25)16-3-1-14(2-4-16)15-5-7-20(24)8-6-15/h1-10,24H,11-13H2. The van der Waals surface area contributed by atoms with Gasteiger partial charge in [0.15, 0.2) is 6.79 Å². The summed E-state index contributed by atoms with van der Waals surface area (Å²) in [6.07, 6.45) is 0. The van der Waals surface area contributed by atoms with E-state index in [1.165, 1.54) is 0 Å². The molecule has 0 bridgehead atoms. The number of hydrogen-bond donors (Lipinski definition) is 1. The van der Waals surface area contributed by atoms with Gasteiger partial charge in [0.05, 0.1) is 12.2 Å². The Bertz CT molecular complexity index is 997. The molecular formula is C22H17ClO5. The Labute approximate surface area is 167 Å². The molecular weight excluding hydrogens is 380 g/mol. The first kappa shape index (κ1) is 18.3. The fourth-order valence-corrected chi connectivity index (χ4v) is 3.31. The van der Waals surface area contributed by atoms with Gasteiger partial charge < -0.3 is 19.3 Å². The lowest BCUT2D eigenvalue weighted by atomic mass is 10.0. The number of benzene rings is 3. The van der Waals surface area contributed by atoms with Gasteiger partial charge >= 0.3 is 5.97 Å². The summed E-state index contributed by atoms with van der Waals surface area (Å²) in [6, 6.07) is 17.5. The second-order valence-electron chi connectivity index (χ2n) is 6.36. The van der Waals surface area contributed by atoms with Crippen LogP contribution in [0.1, 0.15) is 21.5 Å². The van der Waals surface area contributed by atoms with Crippen molar-refractivity contribution in [1.29, 1.82) is 0 Å². The van der Waals surface area contributed by atoms with Gasteiger partial charge in [-0.2, -0.15) is 0 Å². The minimum Gasteiger partial charge on any atom is -0.508 e. The molecule has 1 aliphatic heterocycles. The van der Waals surface area contributed by atoms with Gasteiger partial charge in [-0.3, -0.25) is 0 Å². The van der Waals surface area contributed by atoms with Crippen LogP contribution in [-0.4, -0.2) is 17.9 Å². The van der Waals surface area contributed by atoms with Gasteiger partial charge in [-0.25, -0.2) is 4.79 Å². The number of halogens is 1. The van der Waals surface area contributed by atoms with Crippen molar-refractivity contribution in [3.05, 3.63) is 82.4 Å². The molecule has 28 heavy (non-hydrogen) atoms. The average molecular weight is 397 g/mol. The van der Waals surface area contributed by atoms with Crippen LogP contribution in [0.2, 0.25) is 5.02 Å². The Morgan fingerprint density at radius 3 is 2.43 bits per heavy atom. The first-order chi connectivity index (χ1) is 13.6. The molecule has 0 atom stereocenters. The molecule has 0 saturated heterocycles. The third-order valence-electron chi connectivity index (χ3n) is 4.43. The highest BCUT2D eigenvalue weighted by molar-refractivity contribution is 6.30. The maximum Gasteiger partial charge on any atom is 0.338 e. The van der Waals surface area contributed by atoms with E-state index in [2.05, 4.69) is 0 Å². The maximum atomic E-state index is 12.4. The molecule has 0 saturated carbocycles. The Morgan fingerprint density at radius 1 is 1.04 bits per heavy atom. The van der Waals surface area contributed by atoms with Crippen LogP contribution in [0.5, 0.6) is 11.5 Å². The van der Waals surface area contributed by atoms with E-state index < -0.39 is 5.97 Å². The SMILES string of the molecule is O=C(OCc1cc(Cl)cc2c1OCOC2)c1ccc(-c2ccc(O)cc2)cc1. The van der Waals surface area contributed by atoms with Gasteiger partial charge in [-0.05, 0) is 47.5 Å². The van der Waals surface area contributed by atoms with Crippen LogP contribution in [0, 0.1) is 0 Å². The summed E-state index contributed by atoms with van der Waals surface area (Å²) in [6.45, 7) is 0.630. The van der Waals surface area contributed by atoms with E-state index in [1.807, 2.05) is 24.3 Å². The molecule has 0 aliphatic carbocycles. The first-order valence-electron chi connectivity index (χ1n) is 8.68. The number of carbonyl (C=O) groups excluding carboxylic acids is 1. The Morgan fingerprint density at radius 2 is 1.71 bits per heavy atom. The fraction of sp³-hybridized carbons (Fsp3) is 0.136. The predicted molar refractivity (Wildman–Crippen MR) is 104 cm³/mol. The zero-order chi connectivity index (χ0) is 19.5. The third-order valence-corrected chi connectivity index (χ3v) is 4.65.